The van der Waals surface area contributed by atoms with Gasteiger partial charge in [-0.1, -0.05) is 18.2 Å². The van der Waals surface area contributed by atoms with Gasteiger partial charge in [-0.25, -0.2) is 0 Å². The lowest BCUT2D eigenvalue weighted by Crippen LogP contribution is -2.22. The second kappa shape index (κ2) is 3.87. The Kier molecular flexibility index (Phi) is 3.06. The first-order valence-electron chi connectivity index (χ1n) is 4.28. The van der Waals surface area contributed by atoms with E-state index in [0.717, 1.165) is 17.6 Å². The molecule has 12 heavy (non-hydrogen) atoms. The van der Waals surface area contributed by atoms with Gasteiger partial charge in [-0.15, -0.1) is 0 Å². The van der Waals surface area contributed by atoms with Crippen molar-refractivity contribution >= 4 is 0 Å². The monoisotopic (exact) mass is 168 g/mol. The summed E-state index contributed by atoms with van der Waals surface area (Å²) in [4.78, 5) is 0. The van der Waals surface area contributed by atoms with Gasteiger partial charge in [0.15, 0.2) is 0 Å². The van der Waals surface area contributed by atoms with Crippen LogP contribution in [0.1, 0.15) is 19.8 Å². The average Bonchev–Trinajstić information content (AvgIpc) is 2.04. The molecule has 0 fully saturated rings. The van der Waals surface area contributed by atoms with Crippen LogP contribution in [-0.4, -0.2) is 22.9 Å². The minimum atomic E-state index is -0.467. The summed E-state index contributed by atoms with van der Waals surface area (Å²) in [5.41, 5.74) is 1.87. The zero-order chi connectivity index (χ0) is 9.14. The summed E-state index contributed by atoms with van der Waals surface area (Å²) < 4.78 is 0. The van der Waals surface area contributed by atoms with Crippen LogP contribution in [0, 0.1) is 5.92 Å². The highest BCUT2D eigenvalue weighted by molar-refractivity contribution is 5.16. The van der Waals surface area contributed by atoms with E-state index in [0.29, 0.717) is 12.3 Å². The molecule has 0 unspecified atom stereocenters. The number of allylic oxidation sites excluding steroid dienone is 2. The standard InChI is InChI=1S/C10H16O2/c1-7(2)8-3-4-9(6-11)10(12)5-8/h4,8,10-12H,1,3,5-6H2,2H3/t8-,10+/m0/s1. The topological polar surface area (TPSA) is 40.5 Å². The van der Waals surface area contributed by atoms with E-state index in [9.17, 15) is 5.11 Å². The molecule has 2 heteroatoms. The zero-order valence-corrected chi connectivity index (χ0v) is 7.45. The van der Waals surface area contributed by atoms with Crippen molar-refractivity contribution in [1.29, 1.82) is 0 Å². The molecule has 0 amide bonds. The molecule has 0 aliphatic heterocycles. The summed E-state index contributed by atoms with van der Waals surface area (Å²) in [5, 5.41) is 18.4. The van der Waals surface area contributed by atoms with Crippen LogP contribution >= 0.6 is 0 Å². The van der Waals surface area contributed by atoms with Gasteiger partial charge in [0.25, 0.3) is 0 Å². The summed E-state index contributed by atoms with van der Waals surface area (Å²) in [6, 6.07) is 0. The van der Waals surface area contributed by atoms with E-state index < -0.39 is 6.10 Å². The van der Waals surface area contributed by atoms with Gasteiger partial charge in [0.05, 0.1) is 12.7 Å². The molecule has 1 rings (SSSR count). The van der Waals surface area contributed by atoms with Crippen LogP contribution in [0.25, 0.3) is 0 Å². The summed E-state index contributed by atoms with van der Waals surface area (Å²) in [5.74, 6) is 0.385. The van der Waals surface area contributed by atoms with Crippen LogP contribution in [0.5, 0.6) is 0 Å². The highest BCUT2D eigenvalue weighted by Crippen LogP contribution is 2.28. The van der Waals surface area contributed by atoms with Crippen molar-refractivity contribution in [1.82, 2.24) is 0 Å². The summed E-state index contributed by atoms with van der Waals surface area (Å²) in [7, 11) is 0. The highest BCUT2D eigenvalue weighted by Gasteiger charge is 2.21. The van der Waals surface area contributed by atoms with E-state index in [2.05, 4.69) is 6.58 Å². The summed E-state index contributed by atoms with van der Waals surface area (Å²) in [6.07, 6.45) is 3.07. The third kappa shape index (κ3) is 1.96. The molecule has 1 aliphatic rings. The van der Waals surface area contributed by atoms with Gasteiger partial charge < -0.3 is 10.2 Å². The predicted octanol–water partition coefficient (Wildman–Crippen LogP) is 1.25. The molecule has 0 saturated heterocycles. The molecule has 0 saturated carbocycles. The summed E-state index contributed by atoms with van der Waals surface area (Å²) in [6.45, 7) is 5.82. The number of hydrogen-bond donors (Lipinski definition) is 2. The molecule has 2 N–H and O–H groups in total. The molecule has 0 aromatic rings. The highest BCUT2D eigenvalue weighted by atomic mass is 16.3. The first kappa shape index (κ1) is 9.49. The van der Waals surface area contributed by atoms with Crippen molar-refractivity contribution in [2.75, 3.05) is 6.61 Å². The van der Waals surface area contributed by atoms with Gasteiger partial charge in [0.1, 0.15) is 0 Å². The zero-order valence-electron chi connectivity index (χ0n) is 7.45. The van der Waals surface area contributed by atoms with Gasteiger partial charge in [-0.2, -0.15) is 0 Å². The fourth-order valence-corrected chi connectivity index (χ4v) is 1.52. The summed E-state index contributed by atoms with van der Waals surface area (Å²) >= 11 is 0. The van der Waals surface area contributed by atoms with Crippen LogP contribution in [-0.2, 0) is 0 Å². The average molecular weight is 168 g/mol. The van der Waals surface area contributed by atoms with Crippen LogP contribution in [0.15, 0.2) is 23.8 Å². The Morgan fingerprint density at radius 3 is 2.83 bits per heavy atom. The third-order valence-electron chi connectivity index (χ3n) is 2.48. The molecule has 2 nitrogen and oxygen atoms in total. The molecule has 0 bridgehead atoms. The first-order valence-corrected chi connectivity index (χ1v) is 4.28. The molecule has 2 atom stereocenters. The van der Waals surface area contributed by atoms with Gasteiger partial charge >= 0.3 is 0 Å². The quantitative estimate of drug-likeness (QED) is 0.609. The molecule has 0 aromatic heterocycles. The van der Waals surface area contributed by atoms with E-state index in [-0.39, 0.29) is 6.61 Å². The van der Waals surface area contributed by atoms with Gasteiger partial charge in [0, 0.05) is 0 Å². The van der Waals surface area contributed by atoms with Gasteiger partial charge in [0.2, 0.25) is 0 Å². The Hall–Kier alpha value is -0.600. The molecular weight excluding hydrogens is 152 g/mol. The fraction of sp³-hybridized carbons (Fsp3) is 0.600. The minimum absolute atomic E-state index is 0.0237. The number of hydrogen-bond acceptors (Lipinski definition) is 2. The maximum atomic E-state index is 9.52. The number of rotatable bonds is 2. The van der Waals surface area contributed by atoms with E-state index in [1.165, 1.54) is 0 Å². The predicted molar refractivity (Wildman–Crippen MR) is 48.7 cm³/mol. The Morgan fingerprint density at radius 1 is 1.75 bits per heavy atom. The molecule has 0 spiro atoms. The Balaban J connectivity index is 2.63. The second-order valence-corrected chi connectivity index (χ2v) is 3.47. The largest absolute Gasteiger partial charge is 0.392 e. The molecule has 0 heterocycles. The third-order valence-corrected chi connectivity index (χ3v) is 2.48. The van der Waals surface area contributed by atoms with Crippen molar-refractivity contribution in [2.24, 2.45) is 5.92 Å². The van der Waals surface area contributed by atoms with Crippen LogP contribution < -0.4 is 0 Å². The molecule has 1 aliphatic carbocycles. The maximum Gasteiger partial charge on any atom is 0.0778 e. The Morgan fingerprint density at radius 2 is 2.42 bits per heavy atom. The fourth-order valence-electron chi connectivity index (χ4n) is 1.52. The van der Waals surface area contributed by atoms with Gasteiger partial charge in [-0.05, 0) is 31.3 Å². The van der Waals surface area contributed by atoms with Crippen LogP contribution in [0.4, 0.5) is 0 Å². The molecule has 0 radical (unpaired) electrons. The number of aliphatic hydroxyl groups is 2. The van der Waals surface area contributed by atoms with Crippen LogP contribution in [0.3, 0.4) is 0 Å². The van der Waals surface area contributed by atoms with Crippen molar-refractivity contribution in [2.45, 2.75) is 25.9 Å². The Labute approximate surface area is 73.2 Å². The van der Waals surface area contributed by atoms with Crippen LogP contribution in [0.2, 0.25) is 0 Å². The minimum Gasteiger partial charge on any atom is -0.392 e. The lowest BCUT2D eigenvalue weighted by molar-refractivity contribution is 0.155. The van der Waals surface area contributed by atoms with E-state index in [1.807, 2.05) is 13.0 Å². The van der Waals surface area contributed by atoms with E-state index in [4.69, 9.17) is 5.11 Å². The van der Waals surface area contributed by atoms with Crippen molar-refractivity contribution in [3.63, 3.8) is 0 Å². The first-order chi connectivity index (χ1) is 5.65. The van der Waals surface area contributed by atoms with E-state index >= 15 is 0 Å². The normalized spacial score (nSPS) is 29.8. The second-order valence-electron chi connectivity index (χ2n) is 3.47. The lowest BCUT2D eigenvalue weighted by Gasteiger charge is -2.25. The maximum absolute atomic E-state index is 9.52. The van der Waals surface area contributed by atoms with Crippen molar-refractivity contribution in [3.05, 3.63) is 23.8 Å². The lowest BCUT2D eigenvalue weighted by atomic mass is 9.84. The molecule has 0 aromatic carbocycles. The van der Waals surface area contributed by atoms with Gasteiger partial charge in [-0.3, -0.25) is 0 Å². The van der Waals surface area contributed by atoms with Crippen molar-refractivity contribution < 1.29 is 10.2 Å². The van der Waals surface area contributed by atoms with Crippen molar-refractivity contribution in [3.8, 4) is 0 Å². The Bertz CT molecular complexity index is 206. The molecule has 68 valence electrons. The smallest absolute Gasteiger partial charge is 0.0778 e. The SMILES string of the molecule is C=C(C)[C@H]1CC=C(CO)[C@H](O)C1. The number of aliphatic hydroxyl groups excluding tert-OH is 2. The molecular formula is C10H16O2. The van der Waals surface area contributed by atoms with E-state index in [1.54, 1.807) is 0 Å².